The lowest BCUT2D eigenvalue weighted by molar-refractivity contribution is -0.116. The molecule has 2 N–H and O–H groups in total. The second-order valence-corrected chi connectivity index (χ2v) is 9.37. The van der Waals surface area contributed by atoms with Crippen molar-refractivity contribution < 1.29 is 13.2 Å². The van der Waals surface area contributed by atoms with Crippen LogP contribution in [0.25, 0.3) is 20.8 Å². The van der Waals surface area contributed by atoms with Gasteiger partial charge in [0, 0.05) is 24.2 Å². The van der Waals surface area contributed by atoms with Gasteiger partial charge in [0.1, 0.15) is 5.01 Å². The molecule has 0 radical (unpaired) electrons. The molecule has 0 aliphatic carbocycles. The van der Waals surface area contributed by atoms with Crippen molar-refractivity contribution in [2.45, 2.75) is 11.3 Å². The number of aromatic nitrogens is 1. The highest BCUT2D eigenvalue weighted by molar-refractivity contribution is 7.89. The van der Waals surface area contributed by atoms with Gasteiger partial charge in [-0.25, -0.2) is 18.1 Å². The molecule has 4 aromatic rings. The molecule has 1 amide bonds. The molecule has 152 valence electrons. The van der Waals surface area contributed by atoms with Gasteiger partial charge in [-0.05, 0) is 48.5 Å². The fraction of sp³-hybridized carbons (Fsp3) is 0.0909. The molecule has 0 aliphatic rings. The maximum Gasteiger partial charge on any atom is 0.240 e. The third-order valence-electron chi connectivity index (χ3n) is 4.41. The Morgan fingerprint density at radius 2 is 1.60 bits per heavy atom. The number of para-hydroxylation sites is 1. The number of hydrogen-bond donors (Lipinski definition) is 2. The topological polar surface area (TPSA) is 88.2 Å². The van der Waals surface area contributed by atoms with Gasteiger partial charge >= 0.3 is 0 Å². The summed E-state index contributed by atoms with van der Waals surface area (Å²) in [5, 5.41) is 3.70. The molecule has 1 aromatic heterocycles. The minimum Gasteiger partial charge on any atom is -0.326 e. The van der Waals surface area contributed by atoms with Gasteiger partial charge in [0.05, 0.1) is 15.1 Å². The Hall–Kier alpha value is -3.07. The Morgan fingerprint density at radius 1 is 0.900 bits per heavy atom. The Kier molecular flexibility index (Phi) is 5.89. The maximum atomic E-state index is 12.2. The van der Waals surface area contributed by atoms with E-state index in [0.29, 0.717) is 5.69 Å². The lowest BCUT2D eigenvalue weighted by Crippen LogP contribution is -2.27. The van der Waals surface area contributed by atoms with E-state index < -0.39 is 10.0 Å². The molecule has 1 heterocycles. The van der Waals surface area contributed by atoms with Crippen LogP contribution in [0.1, 0.15) is 6.42 Å². The van der Waals surface area contributed by atoms with Crippen LogP contribution in [0.3, 0.4) is 0 Å². The summed E-state index contributed by atoms with van der Waals surface area (Å²) < 4.78 is 27.9. The van der Waals surface area contributed by atoms with Gasteiger partial charge in [0.15, 0.2) is 0 Å². The summed E-state index contributed by atoms with van der Waals surface area (Å²) in [7, 11) is -3.61. The number of sulfonamides is 1. The van der Waals surface area contributed by atoms with Crippen LogP contribution in [0, 0.1) is 0 Å². The van der Waals surface area contributed by atoms with Gasteiger partial charge in [-0.15, -0.1) is 11.3 Å². The Morgan fingerprint density at radius 3 is 2.33 bits per heavy atom. The van der Waals surface area contributed by atoms with E-state index in [0.717, 1.165) is 20.8 Å². The van der Waals surface area contributed by atoms with Crippen LogP contribution >= 0.6 is 11.3 Å². The third-order valence-corrected chi connectivity index (χ3v) is 6.97. The van der Waals surface area contributed by atoms with Crippen LogP contribution in [0.15, 0.2) is 83.8 Å². The standard InChI is InChI=1S/C22H19N3O3S2/c26-21(14-15-23-30(27,28)18-6-2-1-3-7-18)24-17-12-10-16(11-13-17)22-25-19-8-4-5-9-20(19)29-22/h1-13,23H,14-15H2,(H,24,26). The molecular weight excluding hydrogens is 418 g/mol. The van der Waals surface area contributed by atoms with Gasteiger partial charge < -0.3 is 5.32 Å². The summed E-state index contributed by atoms with van der Waals surface area (Å²) in [6, 6.07) is 23.5. The van der Waals surface area contributed by atoms with Crippen LogP contribution < -0.4 is 10.0 Å². The summed E-state index contributed by atoms with van der Waals surface area (Å²) in [6.45, 7) is 0.0207. The SMILES string of the molecule is O=C(CCNS(=O)(=O)c1ccccc1)Nc1ccc(-c2nc3ccccc3s2)cc1. The highest BCUT2D eigenvalue weighted by atomic mass is 32.2. The zero-order chi connectivity index (χ0) is 21.0. The minimum atomic E-state index is -3.61. The molecule has 0 saturated carbocycles. The van der Waals surface area contributed by atoms with Gasteiger partial charge in [0.25, 0.3) is 0 Å². The molecule has 3 aromatic carbocycles. The fourth-order valence-corrected chi connectivity index (χ4v) is 4.92. The second-order valence-electron chi connectivity index (χ2n) is 6.57. The van der Waals surface area contributed by atoms with E-state index in [4.69, 9.17) is 0 Å². The number of nitrogens with one attached hydrogen (secondary N) is 2. The van der Waals surface area contributed by atoms with Crippen LogP contribution in [-0.2, 0) is 14.8 Å². The lowest BCUT2D eigenvalue weighted by Gasteiger charge is -2.08. The van der Waals surface area contributed by atoms with Gasteiger partial charge in [0.2, 0.25) is 15.9 Å². The number of carbonyl (C=O) groups is 1. The van der Waals surface area contributed by atoms with E-state index in [2.05, 4.69) is 15.0 Å². The molecule has 8 heteroatoms. The Bertz CT molecular complexity index is 1230. The Balaban J connectivity index is 1.32. The van der Waals surface area contributed by atoms with Crippen molar-refractivity contribution in [3.8, 4) is 10.6 Å². The quantitative estimate of drug-likeness (QED) is 0.452. The highest BCUT2D eigenvalue weighted by Crippen LogP contribution is 2.30. The largest absolute Gasteiger partial charge is 0.326 e. The summed E-state index contributed by atoms with van der Waals surface area (Å²) in [4.78, 5) is 17.0. The number of thiazole rings is 1. The highest BCUT2D eigenvalue weighted by Gasteiger charge is 2.13. The van der Waals surface area contributed by atoms with Gasteiger partial charge in [-0.3, -0.25) is 4.79 Å². The minimum absolute atomic E-state index is 0.0207. The van der Waals surface area contributed by atoms with Crippen LogP contribution in [0.4, 0.5) is 5.69 Å². The first-order valence-corrected chi connectivity index (χ1v) is 11.6. The molecule has 0 unspecified atom stereocenters. The molecule has 0 bridgehead atoms. The van der Waals surface area contributed by atoms with Crippen molar-refractivity contribution in [3.05, 3.63) is 78.9 Å². The van der Waals surface area contributed by atoms with E-state index in [9.17, 15) is 13.2 Å². The molecule has 0 spiro atoms. The van der Waals surface area contributed by atoms with Crippen molar-refractivity contribution in [2.24, 2.45) is 0 Å². The third kappa shape index (κ3) is 4.73. The monoisotopic (exact) mass is 437 g/mol. The first kappa shape index (κ1) is 20.2. The first-order valence-electron chi connectivity index (χ1n) is 9.32. The second kappa shape index (κ2) is 8.74. The number of carbonyl (C=O) groups excluding carboxylic acids is 1. The van der Waals surface area contributed by atoms with Crippen molar-refractivity contribution in [3.63, 3.8) is 0 Å². The fourth-order valence-electron chi connectivity index (χ4n) is 2.90. The summed E-state index contributed by atoms with van der Waals surface area (Å²) in [6.07, 6.45) is 0.0334. The zero-order valence-corrected chi connectivity index (χ0v) is 17.5. The summed E-state index contributed by atoms with van der Waals surface area (Å²) in [5.41, 5.74) is 2.59. The molecule has 4 rings (SSSR count). The van der Waals surface area contributed by atoms with Crippen LogP contribution in [0.2, 0.25) is 0 Å². The predicted octanol–water partition coefficient (Wildman–Crippen LogP) is 4.27. The van der Waals surface area contributed by atoms with Crippen molar-refractivity contribution in [1.82, 2.24) is 9.71 Å². The van der Waals surface area contributed by atoms with E-state index in [1.165, 1.54) is 12.1 Å². The number of anilines is 1. The molecule has 0 fully saturated rings. The predicted molar refractivity (Wildman–Crippen MR) is 120 cm³/mol. The zero-order valence-electron chi connectivity index (χ0n) is 15.9. The van der Waals surface area contributed by atoms with Crippen LogP contribution in [-0.4, -0.2) is 25.9 Å². The number of amides is 1. The first-order chi connectivity index (χ1) is 14.5. The van der Waals surface area contributed by atoms with Gasteiger partial charge in [-0.2, -0.15) is 0 Å². The number of hydrogen-bond acceptors (Lipinski definition) is 5. The Labute approximate surface area is 178 Å². The van der Waals surface area contributed by atoms with Crippen LogP contribution in [0.5, 0.6) is 0 Å². The maximum absolute atomic E-state index is 12.2. The molecule has 30 heavy (non-hydrogen) atoms. The van der Waals surface area contributed by atoms with E-state index >= 15 is 0 Å². The molecular formula is C22H19N3O3S2. The number of nitrogens with zero attached hydrogens (tertiary/aromatic N) is 1. The number of benzene rings is 3. The molecule has 6 nitrogen and oxygen atoms in total. The average Bonchev–Trinajstić information content (AvgIpc) is 3.19. The molecule has 0 atom stereocenters. The normalized spacial score (nSPS) is 11.5. The van der Waals surface area contributed by atoms with E-state index in [1.54, 1.807) is 29.5 Å². The molecule has 0 saturated heterocycles. The number of rotatable bonds is 7. The summed E-state index contributed by atoms with van der Waals surface area (Å²) >= 11 is 1.62. The lowest BCUT2D eigenvalue weighted by atomic mass is 10.2. The number of fused-ring (bicyclic) bond motifs is 1. The smallest absolute Gasteiger partial charge is 0.240 e. The van der Waals surface area contributed by atoms with Crippen molar-refractivity contribution >= 4 is 43.2 Å². The van der Waals surface area contributed by atoms with Crippen molar-refractivity contribution in [1.29, 1.82) is 0 Å². The average molecular weight is 438 g/mol. The summed E-state index contributed by atoms with van der Waals surface area (Å²) in [5.74, 6) is -0.265. The van der Waals surface area contributed by atoms with Crippen molar-refractivity contribution in [2.75, 3.05) is 11.9 Å². The van der Waals surface area contributed by atoms with E-state index in [1.807, 2.05) is 48.5 Å². The van der Waals surface area contributed by atoms with E-state index in [-0.39, 0.29) is 23.8 Å². The van der Waals surface area contributed by atoms with Gasteiger partial charge in [-0.1, -0.05) is 30.3 Å². The molecule has 0 aliphatic heterocycles.